The number of hydrogen-bond donors (Lipinski definition) is 3. The maximum absolute atomic E-state index is 14.3. The zero-order chi connectivity index (χ0) is 27.4. The molecule has 38 heavy (non-hydrogen) atoms. The van der Waals surface area contributed by atoms with Crippen molar-refractivity contribution in [3.8, 4) is 23.2 Å². The second-order valence-corrected chi connectivity index (χ2v) is 9.56. The van der Waals surface area contributed by atoms with Crippen molar-refractivity contribution in [1.29, 1.82) is 5.26 Å². The van der Waals surface area contributed by atoms with Crippen LogP contribution >= 0.6 is 0 Å². The maximum Gasteiger partial charge on any atom is 0.255 e. The second-order valence-electron chi connectivity index (χ2n) is 9.56. The van der Waals surface area contributed by atoms with Gasteiger partial charge in [0.25, 0.3) is 5.91 Å². The number of nitrogens with one attached hydrogen (secondary N) is 2. The number of rotatable bonds is 9. The molecule has 1 amide bonds. The van der Waals surface area contributed by atoms with E-state index in [4.69, 9.17) is 10.00 Å². The van der Waals surface area contributed by atoms with E-state index in [0.29, 0.717) is 39.6 Å². The largest absolute Gasteiger partial charge is 0.489 e. The van der Waals surface area contributed by atoms with Crippen LogP contribution in [-0.2, 0) is 0 Å². The Morgan fingerprint density at radius 3 is 2.71 bits per heavy atom. The van der Waals surface area contributed by atoms with Crippen LogP contribution in [0.5, 0.6) is 5.75 Å². The Labute approximate surface area is 219 Å². The molecule has 0 bridgehead atoms. The lowest BCUT2D eigenvalue weighted by Crippen LogP contribution is -2.42. The third kappa shape index (κ3) is 6.04. The van der Waals surface area contributed by atoms with Gasteiger partial charge in [0.2, 0.25) is 0 Å². The molecule has 0 aliphatic carbocycles. The van der Waals surface area contributed by atoms with Gasteiger partial charge in [0.05, 0.1) is 76.2 Å². The smallest absolute Gasteiger partial charge is 0.255 e. The quantitative estimate of drug-likeness (QED) is 0.303. The molecule has 1 atom stereocenters. The lowest BCUT2D eigenvalue weighted by Gasteiger charge is -2.22. The molecule has 10 nitrogen and oxygen atoms in total. The van der Waals surface area contributed by atoms with E-state index in [-0.39, 0.29) is 18.2 Å². The number of hydrogen-bond acceptors (Lipinski definition) is 8. The van der Waals surface area contributed by atoms with Crippen molar-refractivity contribution in [3.63, 3.8) is 0 Å². The molecular weight excluding hydrogens is 489 g/mol. The average molecular weight is 518 g/mol. The molecular formula is C27H28FN7O3. The fraction of sp³-hybridized carbons (Fsp3) is 0.296. The van der Waals surface area contributed by atoms with Gasteiger partial charge >= 0.3 is 0 Å². The molecule has 0 unspecified atom stereocenters. The van der Waals surface area contributed by atoms with Gasteiger partial charge in [0.1, 0.15) is 18.0 Å². The minimum absolute atomic E-state index is 0.0537. The highest BCUT2D eigenvalue weighted by Gasteiger charge is 2.27. The Morgan fingerprint density at radius 1 is 1.21 bits per heavy atom. The van der Waals surface area contributed by atoms with Crippen LogP contribution in [0.15, 0.2) is 55.1 Å². The fourth-order valence-electron chi connectivity index (χ4n) is 3.64. The number of ether oxygens (including phenoxy) is 1. The number of pyridine rings is 2. The van der Waals surface area contributed by atoms with E-state index >= 15 is 0 Å². The summed E-state index contributed by atoms with van der Waals surface area (Å²) >= 11 is 0. The van der Waals surface area contributed by atoms with Gasteiger partial charge in [-0.05, 0) is 52.0 Å². The Balaban J connectivity index is 1.71. The molecule has 0 aromatic carbocycles. The van der Waals surface area contributed by atoms with Crippen molar-refractivity contribution >= 4 is 22.8 Å². The molecule has 0 spiro atoms. The topological polar surface area (TPSA) is 137 Å². The Kier molecular flexibility index (Phi) is 7.55. The van der Waals surface area contributed by atoms with E-state index in [2.05, 4.69) is 31.8 Å². The summed E-state index contributed by atoms with van der Waals surface area (Å²) in [4.78, 5) is 21.7. The molecule has 0 fully saturated rings. The summed E-state index contributed by atoms with van der Waals surface area (Å²) in [5.74, 6) is -0.0244. The van der Waals surface area contributed by atoms with Crippen molar-refractivity contribution in [2.75, 3.05) is 11.9 Å². The summed E-state index contributed by atoms with van der Waals surface area (Å²) in [5, 5.41) is 29.1. The predicted molar refractivity (Wildman–Crippen MR) is 140 cm³/mol. The zero-order valence-corrected chi connectivity index (χ0v) is 21.4. The number of carbonyl (C=O) groups excluding carboxylic acids is 1. The maximum atomic E-state index is 14.3. The van der Waals surface area contributed by atoms with Crippen LogP contribution in [0.3, 0.4) is 0 Å². The molecule has 11 heteroatoms. The van der Waals surface area contributed by atoms with Crippen LogP contribution in [-0.4, -0.2) is 55.0 Å². The summed E-state index contributed by atoms with van der Waals surface area (Å²) in [5.41, 5.74) is 1.78. The summed E-state index contributed by atoms with van der Waals surface area (Å²) in [6, 6.07) is 10.8. The highest BCUT2D eigenvalue weighted by molar-refractivity contribution is 6.00. The molecule has 0 saturated carbocycles. The van der Waals surface area contributed by atoms with Crippen LogP contribution in [0.2, 0.25) is 0 Å². The zero-order valence-electron chi connectivity index (χ0n) is 21.4. The number of halogens is 1. The van der Waals surface area contributed by atoms with Crippen LogP contribution in [0.1, 0.15) is 43.6 Å². The summed E-state index contributed by atoms with van der Waals surface area (Å²) in [6.07, 6.45) is 4.29. The van der Waals surface area contributed by atoms with Crippen molar-refractivity contribution in [2.45, 2.75) is 45.6 Å². The third-order valence-electron chi connectivity index (χ3n) is 5.61. The number of aliphatic hydroxyl groups is 1. The number of aromatic nitrogens is 4. The molecule has 3 N–H and O–H groups in total. The highest BCUT2D eigenvalue weighted by atomic mass is 19.1. The Hall–Kier alpha value is -4.56. The van der Waals surface area contributed by atoms with Crippen LogP contribution in [0.25, 0.3) is 16.9 Å². The first-order valence-electron chi connectivity index (χ1n) is 12.0. The molecule has 4 heterocycles. The number of fused-ring (bicyclic) bond motifs is 1. The minimum Gasteiger partial charge on any atom is -0.489 e. The van der Waals surface area contributed by atoms with Gasteiger partial charge in [-0.1, -0.05) is 0 Å². The second kappa shape index (κ2) is 10.8. The molecule has 4 rings (SSSR count). The normalized spacial score (nSPS) is 12.3. The number of nitriles is 1. The SMILES string of the molecule is CC(C)Oc1cncc(Nc2cc(-c3ccc4cc(C#N)cnn34)ncc2C(=O)NC[C@@H](F)C(C)(C)O)c1. The average Bonchev–Trinajstić information content (AvgIpc) is 3.29. The summed E-state index contributed by atoms with van der Waals surface area (Å²) in [7, 11) is 0. The minimum atomic E-state index is -1.67. The first-order valence-corrected chi connectivity index (χ1v) is 12.0. The van der Waals surface area contributed by atoms with Crippen molar-refractivity contribution in [2.24, 2.45) is 0 Å². The lowest BCUT2D eigenvalue weighted by molar-refractivity contribution is -0.00177. The van der Waals surface area contributed by atoms with E-state index in [0.717, 1.165) is 0 Å². The number of carbonyl (C=O) groups is 1. The summed E-state index contributed by atoms with van der Waals surface area (Å²) in [6.45, 7) is 6.10. The fourth-order valence-corrected chi connectivity index (χ4v) is 3.64. The number of alkyl halides is 1. The molecule has 0 aliphatic heterocycles. The van der Waals surface area contributed by atoms with Gasteiger partial charge in [0, 0.05) is 12.3 Å². The van der Waals surface area contributed by atoms with Gasteiger partial charge in [0.15, 0.2) is 0 Å². The molecule has 0 aliphatic rings. The monoisotopic (exact) mass is 517 g/mol. The number of nitrogens with zero attached hydrogens (tertiary/aromatic N) is 5. The van der Waals surface area contributed by atoms with Crippen molar-refractivity contribution in [1.82, 2.24) is 24.9 Å². The van der Waals surface area contributed by atoms with E-state index in [9.17, 15) is 14.3 Å². The standard InChI is InChI=1S/C27H28FN7O3/c1-16(2)38-20-8-18(12-30-13-20)34-22-9-23(24-6-5-19-7-17(10-29)11-33-35(19)24)31-14-21(22)26(36)32-15-25(28)27(3,4)37/h5-9,11-14,16,25,37H,15H2,1-4H3,(H,31,34)(H,32,36)/t25-/m1/s1. The Bertz CT molecular complexity index is 1500. The van der Waals surface area contributed by atoms with Gasteiger partial charge in [-0.25, -0.2) is 8.91 Å². The first kappa shape index (κ1) is 26.5. The lowest BCUT2D eigenvalue weighted by atomic mass is 10.0. The van der Waals surface area contributed by atoms with Crippen LogP contribution in [0.4, 0.5) is 15.8 Å². The molecule has 4 aromatic heterocycles. The number of amides is 1. The highest BCUT2D eigenvalue weighted by Crippen LogP contribution is 2.29. The molecule has 0 radical (unpaired) electrons. The van der Waals surface area contributed by atoms with E-state index in [1.807, 2.05) is 26.0 Å². The van der Waals surface area contributed by atoms with Crippen molar-refractivity contribution in [3.05, 3.63) is 66.2 Å². The van der Waals surface area contributed by atoms with Crippen LogP contribution in [0, 0.1) is 11.3 Å². The van der Waals surface area contributed by atoms with Gasteiger partial charge in [-0.15, -0.1) is 0 Å². The number of anilines is 2. The van der Waals surface area contributed by atoms with Gasteiger partial charge in [-0.3, -0.25) is 14.8 Å². The molecule has 4 aromatic rings. The molecule has 196 valence electrons. The predicted octanol–water partition coefficient (Wildman–Crippen LogP) is 4.03. The summed E-state index contributed by atoms with van der Waals surface area (Å²) < 4.78 is 21.7. The van der Waals surface area contributed by atoms with Gasteiger partial charge < -0.3 is 20.5 Å². The molecule has 0 saturated heterocycles. The van der Waals surface area contributed by atoms with E-state index in [1.165, 1.54) is 26.2 Å². The van der Waals surface area contributed by atoms with Crippen molar-refractivity contribution < 1.29 is 19.0 Å². The van der Waals surface area contributed by atoms with E-state index < -0.39 is 17.7 Å². The van der Waals surface area contributed by atoms with Crippen LogP contribution < -0.4 is 15.4 Å². The van der Waals surface area contributed by atoms with E-state index in [1.54, 1.807) is 35.1 Å². The third-order valence-corrected chi connectivity index (χ3v) is 5.61. The first-order chi connectivity index (χ1) is 18.0. The van der Waals surface area contributed by atoms with Gasteiger partial charge in [-0.2, -0.15) is 10.4 Å². The Morgan fingerprint density at radius 2 is 2.00 bits per heavy atom.